The molecule has 1 aliphatic heterocycles. The molecule has 1 rings (SSSR count). The van der Waals surface area contributed by atoms with Gasteiger partial charge in [0.05, 0.1) is 28.6 Å². The van der Waals surface area contributed by atoms with Crippen LogP contribution in [0.15, 0.2) is 0 Å². The Hall–Kier alpha value is 0.0600. The van der Waals surface area contributed by atoms with E-state index < -0.39 is 33.9 Å². The molecule has 1 aliphatic rings. The zero-order valence-corrected chi connectivity index (χ0v) is 23.5. The number of ether oxygens (including phenoxy) is 3. The zero-order chi connectivity index (χ0) is 23.9. The summed E-state index contributed by atoms with van der Waals surface area (Å²) in [6, 6.07) is 0. The van der Waals surface area contributed by atoms with Crippen molar-refractivity contribution in [2.45, 2.75) is 109 Å². The van der Waals surface area contributed by atoms with Gasteiger partial charge in [-0.15, -0.1) is 0 Å². The Morgan fingerprint density at radius 2 is 1.64 bits per heavy atom. The number of aliphatic hydroxyl groups is 1. The molecule has 33 heavy (non-hydrogen) atoms. The van der Waals surface area contributed by atoms with Crippen molar-refractivity contribution in [2.24, 2.45) is 0 Å². The van der Waals surface area contributed by atoms with Gasteiger partial charge in [-0.05, 0) is 12.8 Å². The second-order valence-corrected chi connectivity index (χ2v) is 10.1. The SMILES string of the molecule is CCCCCCCC1(CCCCCCC)OCC(COC(=O)NCC(O)CS(=O)(=O)[O-])O1.[Na+]. The first kappa shape index (κ1) is 33.1. The van der Waals surface area contributed by atoms with Crippen molar-refractivity contribution in [1.82, 2.24) is 5.32 Å². The molecule has 2 N–H and O–H groups in total. The number of rotatable bonds is 18. The van der Waals surface area contributed by atoms with E-state index >= 15 is 0 Å². The average molecular weight is 504 g/mol. The maximum absolute atomic E-state index is 11.8. The summed E-state index contributed by atoms with van der Waals surface area (Å²) in [5, 5.41) is 11.7. The van der Waals surface area contributed by atoms with Crippen LogP contribution < -0.4 is 34.9 Å². The predicted molar refractivity (Wildman–Crippen MR) is 120 cm³/mol. The maximum Gasteiger partial charge on any atom is 1.00 e. The van der Waals surface area contributed by atoms with E-state index in [0.717, 1.165) is 38.5 Å². The van der Waals surface area contributed by atoms with Crippen LogP contribution in [0.25, 0.3) is 0 Å². The second kappa shape index (κ2) is 18.3. The van der Waals surface area contributed by atoms with Gasteiger partial charge in [0.2, 0.25) is 0 Å². The van der Waals surface area contributed by atoms with Crippen LogP contribution >= 0.6 is 0 Å². The van der Waals surface area contributed by atoms with Crippen molar-refractivity contribution in [1.29, 1.82) is 0 Å². The number of nitrogens with one attached hydrogen (secondary N) is 1. The van der Waals surface area contributed by atoms with Gasteiger partial charge in [-0.25, -0.2) is 13.2 Å². The van der Waals surface area contributed by atoms with Crippen molar-refractivity contribution >= 4 is 16.2 Å². The molecule has 0 aliphatic carbocycles. The van der Waals surface area contributed by atoms with E-state index in [1.54, 1.807) is 0 Å². The van der Waals surface area contributed by atoms with Gasteiger partial charge in [0.25, 0.3) is 0 Å². The summed E-state index contributed by atoms with van der Waals surface area (Å²) < 4.78 is 49.2. The van der Waals surface area contributed by atoms with Crippen LogP contribution in [-0.2, 0) is 24.3 Å². The minimum atomic E-state index is -4.56. The molecule has 0 spiro atoms. The van der Waals surface area contributed by atoms with Crippen LogP contribution in [0.5, 0.6) is 0 Å². The fourth-order valence-electron chi connectivity index (χ4n) is 3.80. The number of amides is 1. The van der Waals surface area contributed by atoms with E-state index in [-0.39, 0.29) is 48.8 Å². The van der Waals surface area contributed by atoms with Gasteiger partial charge in [-0.3, -0.25) is 0 Å². The summed E-state index contributed by atoms with van der Waals surface area (Å²) in [4.78, 5) is 11.8. The molecule has 190 valence electrons. The molecule has 1 saturated heterocycles. The molecule has 9 nitrogen and oxygen atoms in total. The number of hydrogen-bond acceptors (Lipinski definition) is 8. The van der Waals surface area contributed by atoms with Crippen molar-refractivity contribution in [3.63, 3.8) is 0 Å². The summed E-state index contributed by atoms with van der Waals surface area (Å²) in [6.07, 6.45) is 10.6. The Kier molecular flexibility index (Phi) is 18.4. The number of alkyl carbamates (subject to hydrolysis) is 1. The molecule has 1 amide bonds. The number of aliphatic hydroxyl groups excluding tert-OH is 1. The van der Waals surface area contributed by atoms with E-state index in [9.17, 15) is 22.9 Å². The molecule has 0 aromatic heterocycles. The van der Waals surface area contributed by atoms with Crippen LogP contribution in [0.2, 0.25) is 0 Å². The standard InChI is InChI=1S/C22H43NO8S.Na/c1-3-5-7-9-11-13-22(14-12-10-8-6-4-2)30-17-20(31-22)16-29-21(25)23-15-19(24)18-32(26,27)28;/h19-20,24H,3-18H2,1-2H3,(H,23,25)(H,26,27,28);/q;+1/p-1. The van der Waals surface area contributed by atoms with Crippen LogP contribution in [0.3, 0.4) is 0 Å². The smallest absolute Gasteiger partial charge is 0.748 e. The van der Waals surface area contributed by atoms with E-state index in [4.69, 9.17) is 14.2 Å². The number of carbonyl (C=O) groups excluding carboxylic acids is 1. The third kappa shape index (κ3) is 16.4. The second-order valence-electron chi connectivity index (χ2n) is 8.65. The average Bonchev–Trinajstić information content (AvgIpc) is 3.12. The molecular weight excluding hydrogens is 461 g/mol. The number of unbranched alkanes of at least 4 members (excludes halogenated alkanes) is 8. The van der Waals surface area contributed by atoms with Crippen LogP contribution in [0.1, 0.15) is 90.9 Å². The summed E-state index contributed by atoms with van der Waals surface area (Å²) in [7, 11) is -4.56. The van der Waals surface area contributed by atoms with Crippen LogP contribution in [0.4, 0.5) is 4.79 Å². The molecule has 0 aromatic rings. The molecule has 2 unspecified atom stereocenters. The summed E-state index contributed by atoms with van der Waals surface area (Å²) in [6.45, 7) is 4.33. The van der Waals surface area contributed by atoms with Gasteiger partial charge in [-0.1, -0.05) is 65.2 Å². The molecule has 1 heterocycles. The van der Waals surface area contributed by atoms with E-state index in [1.165, 1.54) is 38.5 Å². The topological polar surface area (TPSA) is 134 Å². The van der Waals surface area contributed by atoms with Gasteiger partial charge in [0.15, 0.2) is 5.79 Å². The normalized spacial score (nSPS) is 18.5. The monoisotopic (exact) mass is 503 g/mol. The first-order valence-corrected chi connectivity index (χ1v) is 13.6. The summed E-state index contributed by atoms with van der Waals surface area (Å²) in [5.41, 5.74) is 0. The van der Waals surface area contributed by atoms with Gasteiger partial charge >= 0.3 is 35.7 Å². The number of hydrogen-bond donors (Lipinski definition) is 2. The minimum Gasteiger partial charge on any atom is -0.748 e. The summed E-state index contributed by atoms with van der Waals surface area (Å²) in [5.74, 6) is -1.59. The first-order valence-electron chi connectivity index (χ1n) is 12.0. The summed E-state index contributed by atoms with van der Waals surface area (Å²) >= 11 is 0. The number of carbonyl (C=O) groups is 1. The molecule has 0 radical (unpaired) electrons. The quantitative estimate of drug-likeness (QED) is 0.156. The molecular formula is C22H42NNaO8S. The van der Waals surface area contributed by atoms with Crippen LogP contribution in [0, 0.1) is 0 Å². The minimum absolute atomic E-state index is 0. The van der Waals surface area contributed by atoms with Crippen LogP contribution in [-0.4, -0.2) is 67.7 Å². The Morgan fingerprint density at radius 1 is 1.09 bits per heavy atom. The van der Waals surface area contributed by atoms with Gasteiger partial charge in [0, 0.05) is 19.4 Å². The van der Waals surface area contributed by atoms with E-state index in [1.807, 2.05) is 0 Å². The largest absolute Gasteiger partial charge is 1.00 e. The van der Waals surface area contributed by atoms with Gasteiger partial charge < -0.3 is 29.2 Å². The van der Waals surface area contributed by atoms with E-state index in [2.05, 4.69) is 19.2 Å². The molecule has 0 aromatic carbocycles. The van der Waals surface area contributed by atoms with Gasteiger partial charge in [0.1, 0.15) is 12.7 Å². The molecule has 1 fully saturated rings. The third-order valence-corrected chi connectivity index (χ3v) is 6.31. The van der Waals surface area contributed by atoms with Crippen molar-refractivity contribution < 1.29 is 66.6 Å². The molecule has 2 atom stereocenters. The Balaban J connectivity index is 0.0000102. The van der Waals surface area contributed by atoms with Crippen molar-refractivity contribution in [3.05, 3.63) is 0 Å². The molecule has 0 bridgehead atoms. The predicted octanol–water partition coefficient (Wildman–Crippen LogP) is 0.455. The van der Waals surface area contributed by atoms with E-state index in [0.29, 0.717) is 6.61 Å². The fourth-order valence-corrected chi connectivity index (χ4v) is 4.39. The fraction of sp³-hybridized carbons (Fsp3) is 0.955. The Morgan fingerprint density at radius 3 is 2.15 bits per heavy atom. The van der Waals surface area contributed by atoms with Crippen molar-refractivity contribution in [3.8, 4) is 0 Å². The molecule has 0 saturated carbocycles. The van der Waals surface area contributed by atoms with Gasteiger partial charge in [-0.2, -0.15) is 0 Å². The Labute approximate surface area is 221 Å². The zero-order valence-electron chi connectivity index (χ0n) is 20.7. The first-order chi connectivity index (χ1) is 15.2. The van der Waals surface area contributed by atoms with Crippen molar-refractivity contribution in [2.75, 3.05) is 25.5 Å². The third-order valence-electron chi connectivity index (χ3n) is 5.52. The maximum atomic E-state index is 11.8. The Bertz CT molecular complexity index is 606. The molecule has 11 heteroatoms.